The Morgan fingerprint density at radius 1 is 0.930 bits per heavy atom. The summed E-state index contributed by atoms with van der Waals surface area (Å²) in [5.74, 6) is -0.295. The van der Waals surface area contributed by atoms with Crippen LogP contribution in [-0.4, -0.2) is 35.4 Å². The van der Waals surface area contributed by atoms with Crippen molar-refractivity contribution in [3.63, 3.8) is 0 Å². The molecule has 4 atom stereocenters. The molecule has 0 bridgehead atoms. The predicted molar refractivity (Wildman–Crippen MR) is 147 cm³/mol. The van der Waals surface area contributed by atoms with E-state index in [4.69, 9.17) is 9.47 Å². The second kappa shape index (κ2) is 13.0. The number of carbonyl (C=O) groups is 1. The molecule has 1 amide bonds. The van der Waals surface area contributed by atoms with Crippen molar-refractivity contribution in [2.24, 2.45) is 5.92 Å². The fourth-order valence-electron chi connectivity index (χ4n) is 5.35. The number of alkyl halides is 6. The third-order valence-electron chi connectivity index (χ3n) is 7.93. The molecule has 0 saturated carbocycles. The van der Waals surface area contributed by atoms with E-state index in [0.717, 1.165) is 5.56 Å². The van der Waals surface area contributed by atoms with Gasteiger partial charge in [0.25, 0.3) is 0 Å². The molecule has 1 heterocycles. The van der Waals surface area contributed by atoms with Gasteiger partial charge in [-0.3, -0.25) is 4.90 Å². The molecule has 0 aliphatic carbocycles. The van der Waals surface area contributed by atoms with Crippen molar-refractivity contribution in [2.75, 3.05) is 13.2 Å². The minimum absolute atomic E-state index is 0.0257. The minimum atomic E-state index is -5.00. The minimum Gasteiger partial charge on any atom is -0.445 e. The molecule has 3 aromatic carbocycles. The van der Waals surface area contributed by atoms with Gasteiger partial charge >= 0.3 is 18.4 Å². The summed E-state index contributed by atoms with van der Waals surface area (Å²) in [7, 11) is 0. The Bertz CT molecular complexity index is 1330. The highest BCUT2D eigenvalue weighted by Gasteiger charge is 2.48. The lowest BCUT2D eigenvalue weighted by molar-refractivity contribution is -0.143. The summed E-state index contributed by atoms with van der Waals surface area (Å²) in [4.78, 5) is 15.1. The fraction of sp³-hybridized carbons (Fsp3) is 0.406. The van der Waals surface area contributed by atoms with Gasteiger partial charge in [-0.25, -0.2) is 4.79 Å². The van der Waals surface area contributed by atoms with Crippen LogP contribution in [0.2, 0.25) is 0 Å². The van der Waals surface area contributed by atoms with Gasteiger partial charge in [-0.1, -0.05) is 60.7 Å². The molecule has 1 N–H and O–H groups in total. The molecular weight excluding hydrogens is 576 g/mol. The number of piperidine rings is 1. The topological polar surface area (TPSA) is 59.0 Å². The molecule has 0 spiro atoms. The molecule has 5 nitrogen and oxygen atoms in total. The van der Waals surface area contributed by atoms with Crippen LogP contribution in [0.5, 0.6) is 0 Å². The monoisotopic (exact) mass is 609 g/mol. The smallest absolute Gasteiger partial charge is 0.416 e. The Kier molecular flexibility index (Phi) is 9.76. The molecule has 11 heteroatoms. The molecule has 4 rings (SSSR count). The number of halogens is 6. The van der Waals surface area contributed by atoms with Crippen LogP contribution < -0.4 is 0 Å². The highest BCUT2D eigenvalue weighted by atomic mass is 19.4. The Balaban J connectivity index is 1.68. The van der Waals surface area contributed by atoms with Gasteiger partial charge in [0.05, 0.1) is 35.5 Å². The summed E-state index contributed by atoms with van der Waals surface area (Å²) < 4.78 is 92.8. The number of amides is 1. The van der Waals surface area contributed by atoms with E-state index in [1.807, 2.05) is 6.07 Å². The van der Waals surface area contributed by atoms with Crippen LogP contribution in [0.1, 0.15) is 60.6 Å². The van der Waals surface area contributed by atoms with E-state index in [-0.39, 0.29) is 37.3 Å². The van der Waals surface area contributed by atoms with Crippen molar-refractivity contribution in [1.29, 1.82) is 0 Å². The van der Waals surface area contributed by atoms with Crippen LogP contribution in [0.3, 0.4) is 0 Å². The maximum absolute atomic E-state index is 13.7. The molecule has 3 aromatic rings. The number of hydrogen-bond acceptors (Lipinski definition) is 4. The van der Waals surface area contributed by atoms with E-state index in [2.05, 4.69) is 0 Å². The van der Waals surface area contributed by atoms with Crippen LogP contribution in [0.15, 0.2) is 78.9 Å². The number of aliphatic hydroxyl groups is 1. The van der Waals surface area contributed by atoms with Crippen molar-refractivity contribution in [2.45, 2.75) is 63.4 Å². The standard InChI is InChI=1S/C32H33F6NO4/c1-21(40)24-13-14-30(26-11-7-4-8-12-26,39(18-24)29(41)42-19-23-9-5-3-6-10-23)20-43-22(2)25-15-27(31(33,34)35)17-28(16-25)32(36,37)38/h3-12,15-17,21-22,24,40H,13-14,18-20H2,1-2H3/t21?,22-,24?,30-/m1/s1. The van der Waals surface area contributed by atoms with Gasteiger partial charge in [0.1, 0.15) is 6.61 Å². The van der Waals surface area contributed by atoms with Gasteiger partial charge in [-0.05, 0) is 61.6 Å². The average Bonchev–Trinajstić information content (AvgIpc) is 2.98. The summed E-state index contributed by atoms with van der Waals surface area (Å²) in [6.07, 6.45) is -11.8. The lowest BCUT2D eigenvalue weighted by atomic mass is 9.76. The summed E-state index contributed by atoms with van der Waals surface area (Å²) in [6, 6.07) is 19.2. The molecule has 232 valence electrons. The summed E-state index contributed by atoms with van der Waals surface area (Å²) in [5.41, 5.74) is -2.95. The van der Waals surface area contributed by atoms with Crippen molar-refractivity contribution in [3.05, 3.63) is 107 Å². The lowest BCUT2D eigenvalue weighted by Crippen LogP contribution is -2.58. The normalized spacial score (nSPS) is 20.9. The van der Waals surface area contributed by atoms with Gasteiger partial charge in [0.2, 0.25) is 0 Å². The van der Waals surface area contributed by atoms with Gasteiger partial charge in [0, 0.05) is 12.5 Å². The molecule has 2 unspecified atom stereocenters. The van der Waals surface area contributed by atoms with Crippen molar-refractivity contribution < 1.29 is 45.7 Å². The maximum Gasteiger partial charge on any atom is 0.416 e. The molecule has 0 aromatic heterocycles. The number of aliphatic hydroxyl groups excluding tert-OH is 1. The van der Waals surface area contributed by atoms with Crippen LogP contribution in [0.25, 0.3) is 0 Å². The average molecular weight is 610 g/mol. The number of carbonyl (C=O) groups excluding carboxylic acids is 1. The number of likely N-dealkylation sites (tertiary alicyclic amines) is 1. The second-order valence-corrected chi connectivity index (χ2v) is 10.9. The number of benzene rings is 3. The lowest BCUT2D eigenvalue weighted by Gasteiger charge is -2.49. The zero-order valence-electron chi connectivity index (χ0n) is 23.7. The highest BCUT2D eigenvalue weighted by molar-refractivity contribution is 5.69. The second-order valence-electron chi connectivity index (χ2n) is 10.9. The van der Waals surface area contributed by atoms with E-state index in [1.165, 1.54) is 11.8 Å². The molecule has 1 saturated heterocycles. The first-order valence-corrected chi connectivity index (χ1v) is 13.8. The van der Waals surface area contributed by atoms with E-state index < -0.39 is 47.3 Å². The predicted octanol–water partition coefficient (Wildman–Crippen LogP) is 8.13. The Morgan fingerprint density at radius 3 is 2.02 bits per heavy atom. The summed E-state index contributed by atoms with van der Waals surface area (Å²) in [6.45, 7) is 2.82. The van der Waals surface area contributed by atoms with E-state index in [1.54, 1.807) is 61.5 Å². The molecule has 1 fully saturated rings. The molecule has 0 radical (unpaired) electrons. The number of hydrogen-bond donors (Lipinski definition) is 1. The summed E-state index contributed by atoms with van der Waals surface area (Å²) in [5, 5.41) is 10.4. The molecule has 1 aliphatic rings. The van der Waals surface area contributed by atoms with Crippen LogP contribution in [0, 0.1) is 5.92 Å². The Morgan fingerprint density at radius 2 is 1.49 bits per heavy atom. The molecular formula is C32H33F6NO4. The van der Waals surface area contributed by atoms with Crippen molar-refractivity contribution >= 4 is 6.09 Å². The third-order valence-corrected chi connectivity index (χ3v) is 7.93. The maximum atomic E-state index is 13.7. The van der Waals surface area contributed by atoms with Crippen molar-refractivity contribution in [3.8, 4) is 0 Å². The first-order chi connectivity index (χ1) is 20.2. The Hall–Kier alpha value is -3.57. The van der Waals surface area contributed by atoms with Gasteiger partial charge in [-0.2, -0.15) is 26.3 Å². The SMILES string of the molecule is CC(O)C1CC[C@@](CO[C@H](C)c2cc(C(F)(F)F)cc(C(F)(F)F)c2)(c2ccccc2)N(C(=O)OCc2ccccc2)C1. The number of rotatable bonds is 8. The largest absolute Gasteiger partial charge is 0.445 e. The van der Waals surface area contributed by atoms with Crippen LogP contribution >= 0.6 is 0 Å². The zero-order chi connectivity index (χ0) is 31.4. The van der Waals surface area contributed by atoms with Crippen LogP contribution in [0.4, 0.5) is 31.1 Å². The Labute approximate surface area is 246 Å². The van der Waals surface area contributed by atoms with E-state index in [0.29, 0.717) is 30.5 Å². The van der Waals surface area contributed by atoms with E-state index in [9.17, 15) is 36.2 Å². The summed E-state index contributed by atoms with van der Waals surface area (Å²) >= 11 is 0. The first kappa shape index (κ1) is 32.3. The molecule has 43 heavy (non-hydrogen) atoms. The van der Waals surface area contributed by atoms with Crippen LogP contribution in [-0.2, 0) is 34.0 Å². The van der Waals surface area contributed by atoms with Gasteiger partial charge in [-0.15, -0.1) is 0 Å². The number of nitrogens with zero attached hydrogens (tertiary/aromatic N) is 1. The zero-order valence-corrected chi connectivity index (χ0v) is 23.7. The van der Waals surface area contributed by atoms with Crippen molar-refractivity contribution in [1.82, 2.24) is 4.90 Å². The molecule has 1 aliphatic heterocycles. The fourth-order valence-corrected chi connectivity index (χ4v) is 5.35. The number of ether oxygens (including phenoxy) is 2. The van der Waals surface area contributed by atoms with Gasteiger partial charge < -0.3 is 14.6 Å². The third kappa shape index (κ3) is 7.69. The highest BCUT2D eigenvalue weighted by Crippen LogP contribution is 2.43. The first-order valence-electron chi connectivity index (χ1n) is 13.8. The van der Waals surface area contributed by atoms with E-state index >= 15 is 0 Å². The van der Waals surface area contributed by atoms with Gasteiger partial charge in [0.15, 0.2) is 0 Å². The quantitative estimate of drug-likeness (QED) is 0.262.